The number of hydrogen-bond acceptors (Lipinski definition) is 6. The summed E-state index contributed by atoms with van der Waals surface area (Å²) < 4.78 is 38.9. The lowest BCUT2D eigenvalue weighted by atomic mass is 10.00. The summed E-state index contributed by atoms with van der Waals surface area (Å²) in [6.07, 6.45) is -2.11. The SMILES string of the molecule is C=Cc1cc(C(F)(F)F)cc(/C=N/OCc2c(C)cccc2/C(C)=N\OC)n1.CC.O=CO. The van der Waals surface area contributed by atoms with Crippen molar-refractivity contribution in [3.8, 4) is 0 Å². The van der Waals surface area contributed by atoms with Crippen molar-refractivity contribution < 1.29 is 32.7 Å². The Labute approximate surface area is 191 Å². The van der Waals surface area contributed by atoms with Gasteiger partial charge in [0.25, 0.3) is 6.47 Å². The van der Waals surface area contributed by atoms with Gasteiger partial charge in [0.15, 0.2) is 0 Å². The van der Waals surface area contributed by atoms with Gasteiger partial charge in [-0.2, -0.15) is 13.2 Å². The minimum absolute atomic E-state index is 0.0202. The molecule has 0 unspecified atom stereocenters. The summed E-state index contributed by atoms with van der Waals surface area (Å²) in [5, 5.41) is 14.6. The Kier molecular flexibility index (Phi) is 13.5. The van der Waals surface area contributed by atoms with Crippen molar-refractivity contribution in [2.75, 3.05) is 7.11 Å². The molecule has 2 aromatic rings. The molecule has 0 aliphatic rings. The van der Waals surface area contributed by atoms with Crippen LogP contribution in [0, 0.1) is 6.92 Å². The van der Waals surface area contributed by atoms with Crippen molar-refractivity contribution in [2.45, 2.75) is 40.5 Å². The van der Waals surface area contributed by atoms with Gasteiger partial charge in [0.05, 0.1) is 28.9 Å². The second-order valence-electron chi connectivity index (χ2n) is 5.98. The molecule has 1 aromatic heterocycles. The molecule has 7 nitrogen and oxygen atoms in total. The standard InChI is InChI=1S/C20H20F3N3O2.C2H6.CH2O2/c1-5-16-9-15(20(21,22)23)10-17(25-16)11-24-28-12-19-13(2)7-6-8-18(19)14(3)26-27-4;1-2;2-1-3/h5-11H,1,12H2,2-4H3;1-2H3;1H,(H,2,3)/b24-11+,26-14-;;. The van der Waals surface area contributed by atoms with E-state index in [2.05, 4.69) is 21.9 Å². The summed E-state index contributed by atoms with van der Waals surface area (Å²) >= 11 is 0. The van der Waals surface area contributed by atoms with Crippen LogP contribution in [0.1, 0.15) is 54.4 Å². The molecule has 0 amide bonds. The van der Waals surface area contributed by atoms with Crippen molar-refractivity contribution in [2.24, 2.45) is 10.3 Å². The summed E-state index contributed by atoms with van der Waals surface area (Å²) in [4.78, 5) is 22.5. The minimum Gasteiger partial charge on any atom is -0.483 e. The number of pyridine rings is 1. The number of halogens is 3. The fourth-order valence-electron chi connectivity index (χ4n) is 2.52. The van der Waals surface area contributed by atoms with Crippen LogP contribution in [0.15, 0.2) is 47.2 Å². The number of oxime groups is 2. The minimum atomic E-state index is -4.49. The van der Waals surface area contributed by atoms with Gasteiger partial charge in [-0.05, 0) is 37.6 Å². The normalized spacial score (nSPS) is 11.0. The Balaban J connectivity index is 0.00000189. The Hall–Kier alpha value is -3.69. The van der Waals surface area contributed by atoms with Gasteiger partial charge in [-0.15, -0.1) is 0 Å². The van der Waals surface area contributed by atoms with Crippen LogP contribution >= 0.6 is 0 Å². The van der Waals surface area contributed by atoms with Crippen molar-refractivity contribution in [3.63, 3.8) is 0 Å². The van der Waals surface area contributed by atoms with Crippen LogP contribution < -0.4 is 0 Å². The van der Waals surface area contributed by atoms with E-state index in [1.807, 2.05) is 39.0 Å². The Morgan fingerprint density at radius 3 is 2.39 bits per heavy atom. The summed E-state index contributed by atoms with van der Waals surface area (Å²) in [6, 6.07) is 7.49. The van der Waals surface area contributed by atoms with E-state index in [1.165, 1.54) is 13.2 Å². The lowest BCUT2D eigenvalue weighted by molar-refractivity contribution is -0.137. The molecular formula is C23H28F3N3O4. The quantitative estimate of drug-likeness (QED) is 0.320. The Bertz CT molecular complexity index is 958. The maximum Gasteiger partial charge on any atom is 0.416 e. The highest BCUT2D eigenvalue weighted by Crippen LogP contribution is 2.30. The molecule has 0 saturated carbocycles. The first kappa shape index (κ1) is 29.3. The monoisotopic (exact) mass is 467 g/mol. The zero-order valence-corrected chi connectivity index (χ0v) is 19.2. The molecule has 2 rings (SSSR count). The van der Waals surface area contributed by atoms with Crippen LogP contribution in [0.25, 0.3) is 6.08 Å². The van der Waals surface area contributed by atoms with Crippen LogP contribution in [0.4, 0.5) is 13.2 Å². The molecule has 33 heavy (non-hydrogen) atoms. The second-order valence-corrected chi connectivity index (χ2v) is 5.98. The molecule has 10 heteroatoms. The van der Waals surface area contributed by atoms with Crippen LogP contribution in [0.3, 0.4) is 0 Å². The van der Waals surface area contributed by atoms with Crippen molar-refractivity contribution in [1.82, 2.24) is 4.98 Å². The van der Waals surface area contributed by atoms with E-state index in [0.717, 1.165) is 35.0 Å². The summed E-state index contributed by atoms with van der Waals surface area (Å²) in [6.45, 7) is 11.0. The van der Waals surface area contributed by atoms with Gasteiger partial charge in [-0.3, -0.25) is 4.79 Å². The van der Waals surface area contributed by atoms with E-state index in [-0.39, 0.29) is 24.5 Å². The zero-order chi connectivity index (χ0) is 25.4. The summed E-state index contributed by atoms with van der Waals surface area (Å²) in [7, 11) is 1.46. The van der Waals surface area contributed by atoms with Crippen molar-refractivity contribution >= 4 is 24.5 Å². The summed E-state index contributed by atoms with van der Waals surface area (Å²) in [5.74, 6) is 0. The first-order chi connectivity index (χ1) is 15.7. The number of alkyl halides is 3. The van der Waals surface area contributed by atoms with E-state index in [0.29, 0.717) is 5.71 Å². The van der Waals surface area contributed by atoms with Gasteiger partial charge in [0.1, 0.15) is 13.7 Å². The number of aryl methyl sites for hydroxylation is 1. The smallest absolute Gasteiger partial charge is 0.416 e. The molecule has 0 fully saturated rings. The van der Waals surface area contributed by atoms with E-state index >= 15 is 0 Å². The molecule has 1 heterocycles. The highest BCUT2D eigenvalue weighted by molar-refractivity contribution is 5.99. The van der Waals surface area contributed by atoms with Crippen molar-refractivity contribution in [3.05, 3.63) is 70.6 Å². The first-order valence-corrected chi connectivity index (χ1v) is 9.79. The Morgan fingerprint density at radius 1 is 1.24 bits per heavy atom. The maximum atomic E-state index is 13.0. The average molecular weight is 467 g/mol. The molecule has 0 aliphatic carbocycles. The van der Waals surface area contributed by atoms with Gasteiger partial charge in [0, 0.05) is 11.1 Å². The first-order valence-electron chi connectivity index (χ1n) is 9.79. The second kappa shape index (κ2) is 15.2. The molecule has 0 saturated heterocycles. The fourth-order valence-corrected chi connectivity index (χ4v) is 2.52. The van der Waals surface area contributed by atoms with E-state index in [9.17, 15) is 13.2 Å². The number of carboxylic acid groups (broad SMARTS) is 1. The van der Waals surface area contributed by atoms with Crippen molar-refractivity contribution in [1.29, 1.82) is 0 Å². The van der Waals surface area contributed by atoms with Gasteiger partial charge in [-0.1, -0.05) is 48.9 Å². The van der Waals surface area contributed by atoms with Gasteiger partial charge in [-0.25, -0.2) is 4.98 Å². The lowest BCUT2D eigenvalue weighted by Crippen LogP contribution is -2.07. The molecule has 0 bridgehead atoms. The van der Waals surface area contributed by atoms with Gasteiger partial charge >= 0.3 is 6.18 Å². The topological polar surface area (TPSA) is 93.4 Å². The van der Waals surface area contributed by atoms with E-state index < -0.39 is 11.7 Å². The molecule has 0 spiro atoms. The van der Waals surface area contributed by atoms with Crippen LogP contribution in [-0.2, 0) is 27.3 Å². The third-order valence-electron chi connectivity index (χ3n) is 3.90. The number of carbonyl (C=O) groups is 1. The van der Waals surface area contributed by atoms with Gasteiger partial charge < -0.3 is 14.8 Å². The third kappa shape index (κ3) is 9.98. The largest absolute Gasteiger partial charge is 0.483 e. The number of hydrogen-bond donors (Lipinski definition) is 1. The third-order valence-corrected chi connectivity index (χ3v) is 3.90. The number of benzene rings is 1. The van der Waals surface area contributed by atoms with Gasteiger partial charge in [0.2, 0.25) is 0 Å². The highest BCUT2D eigenvalue weighted by atomic mass is 19.4. The van der Waals surface area contributed by atoms with Crippen LogP contribution in [0.5, 0.6) is 0 Å². The molecule has 180 valence electrons. The highest BCUT2D eigenvalue weighted by Gasteiger charge is 2.31. The van der Waals surface area contributed by atoms with Crippen LogP contribution in [-0.4, -0.2) is 35.6 Å². The Morgan fingerprint density at radius 2 is 1.85 bits per heavy atom. The molecule has 0 aliphatic heterocycles. The van der Waals surface area contributed by atoms with E-state index in [4.69, 9.17) is 19.6 Å². The zero-order valence-electron chi connectivity index (χ0n) is 19.2. The average Bonchev–Trinajstić information content (AvgIpc) is 2.78. The predicted octanol–water partition coefficient (Wildman–Crippen LogP) is 5.70. The maximum absolute atomic E-state index is 13.0. The van der Waals surface area contributed by atoms with Crippen LogP contribution in [0.2, 0.25) is 0 Å². The number of nitrogens with zero attached hydrogens (tertiary/aromatic N) is 3. The molecule has 0 atom stereocenters. The molecule has 1 N–H and O–H groups in total. The predicted molar refractivity (Wildman–Crippen MR) is 122 cm³/mol. The molecular weight excluding hydrogens is 439 g/mol. The molecule has 0 radical (unpaired) electrons. The summed E-state index contributed by atoms with van der Waals surface area (Å²) in [5.41, 5.74) is 2.61. The lowest BCUT2D eigenvalue weighted by Gasteiger charge is -2.11. The molecule has 1 aromatic carbocycles. The van der Waals surface area contributed by atoms with E-state index in [1.54, 1.807) is 6.92 Å². The number of aromatic nitrogens is 1. The number of rotatable bonds is 7. The fraction of sp³-hybridized carbons (Fsp3) is 0.304.